The number of nitrogens with one attached hydrogen (secondary N) is 1. The van der Waals surface area contributed by atoms with Gasteiger partial charge >= 0.3 is 0 Å². The number of morpholine rings is 1. The molecule has 0 spiro atoms. The van der Waals surface area contributed by atoms with Crippen LogP contribution in [-0.4, -0.2) is 48.3 Å². The van der Waals surface area contributed by atoms with Crippen LogP contribution in [0.4, 0.5) is 5.82 Å². The fraction of sp³-hybridized carbons (Fsp3) is 0.615. The molecule has 0 saturated carbocycles. The van der Waals surface area contributed by atoms with E-state index in [0.29, 0.717) is 12.1 Å². The van der Waals surface area contributed by atoms with E-state index in [-0.39, 0.29) is 0 Å². The highest BCUT2D eigenvalue weighted by atomic mass is 79.9. The summed E-state index contributed by atoms with van der Waals surface area (Å²) in [4.78, 5) is 6.79. The fourth-order valence-corrected chi connectivity index (χ4v) is 2.48. The normalized spacial score (nSPS) is 22.7. The Kier molecular flexibility index (Phi) is 4.97. The van der Waals surface area contributed by atoms with E-state index in [1.165, 1.54) is 0 Å². The van der Waals surface area contributed by atoms with E-state index in [0.717, 1.165) is 36.6 Å². The van der Waals surface area contributed by atoms with Crippen LogP contribution in [0.15, 0.2) is 22.8 Å². The van der Waals surface area contributed by atoms with E-state index in [9.17, 15) is 0 Å². The van der Waals surface area contributed by atoms with Crippen molar-refractivity contribution in [3.8, 4) is 0 Å². The molecule has 1 aromatic heterocycles. The van der Waals surface area contributed by atoms with Crippen LogP contribution < -0.4 is 5.32 Å². The molecule has 1 aliphatic heterocycles. The van der Waals surface area contributed by atoms with E-state index >= 15 is 0 Å². The van der Waals surface area contributed by atoms with Gasteiger partial charge in [-0.25, -0.2) is 4.98 Å². The summed E-state index contributed by atoms with van der Waals surface area (Å²) in [5.74, 6) is 0.922. The topological polar surface area (TPSA) is 37.4 Å². The first-order valence-electron chi connectivity index (χ1n) is 6.35. The van der Waals surface area contributed by atoms with Gasteiger partial charge in [-0.2, -0.15) is 0 Å². The Morgan fingerprint density at radius 2 is 2.44 bits per heavy atom. The van der Waals surface area contributed by atoms with Crippen LogP contribution in [0, 0.1) is 0 Å². The first-order chi connectivity index (χ1) is 8.66. The molecule has 2 unspecified atom stereocenters. The van der Waals surface area contributed by atoms with Gasteiger partial charge in [-0.1, -0.05) is 0 Å². The first-order valence-corrected chi connectivity index (χ1v) is 7.15. The number of anilines is 1. The molecule has 0 aliphatic carbocycles. The zero-order valence-electron chi connectivity index (χ0n) is 10.9. The van der Waals surface area contributed by atoms with Crippen LogP contribution >= 0.6 is 15.9 Å². The summed E-state index contributed by atoms with van der Waals surface area (Å²) in [6.07, 6.45) is 1.81. The fourth-order valence-electron chi connectivity index (χ4n) is 2.24. The summed E-state index contributed by atoms with van der Waals surface area (Å²) in [6.45, 7) is 8.05. The van der Waals surface area contributed by atoms with Crippen molar-refractivity contribution >= 4 is 21.7 Å². The molecule has 1 aromatic rings. The second kappa shape index (κ2) is 6.50. The quantitative estimate of drug-likeness (QED) is 0.926. The number of aromatic nitrogens is 1. The molecule has 5 heteroatoms. The Hall–Kier alpha value is -0.650. The van der Waals surface area contributed by atoms with E-state index in [1.54, 1.807) is 0 Å². The van der Waals surface area contributed by atoms with Crippen LogP contribution in [0.2, 0.25) is 0 Å². The van der Waals surface area contributed by atoms with Crippen molar-refractivity contribution in [2.24, 2.45) is 0 Å². The summed E-state index contributed by atoms with van der Waals surface area (Å²) in [5, 5.41) is 3.38. The van der Waals surface area contributed by atoms with E-state index < -0.39 is 0 Å². The van der Waals surface area contributed by atoms with Crippen molar-refractivity contribution in [2.45, 2.75) is 25.9 Å². The Balaban J connectivity index is 1.83. The van der Waals surface area contributed by atoms with Crippen molar-refractivity contribution in [2.75, 3.05) is 31.6 Å². The molecule has 0 radical (unpaired) electrons. The maximum atomic E-state index is 5.46. The maximum Gasteiger partial charge on any atom is 0.126 e. The Morgan fingerprint density at radius 3 is 3.11 bits per heavy atom. The minimum Gasteiger partial charge on any atom is -0.379 e. The van der Waals surface area contributed by atoms with Crippen molar-refractivity contribution in [1.29, 1.82) is 0 Å². The predicted octanol–water partition coefficient (Wildman–Crippen LogP) is 2.37. The van der Waals surface area contributed by atoms with Gasteiger partial charge in [0.05, 0.1) is 13.2 Å². The van der Waals surface area contributed by atoms with Crippen molar-refractivity contribution in [3.63, 3.8) is 0 Å². The molecule has 1 N–H and O–H groups in total. The smallest absolute Gasteiger partial charge is 0.126 e. The highest BCUT2D eigenvalue weighted by Gasteiger charge is 2.23. The molecule has 0 bridgehead atoms. The van der Waals surface area contributed by atoms with Crippen molar-refractivity contribution < 1.29 is 4.74 Å². The second-order valence-electron chi connectivity index (χ2n) is 4.75. The standard InChI is InChI=1S/C13H20BrN3O/c1-10(17-5-6-18-9-11(17)2)7-15-13-4-3-12(14)8-16-13/h3-4,8,10-11H,5-7,9H2,1-2H3,(H,15,16). The van der Waals surface area contributed by atoms with E-state index in [4.69, 9.17) is 4.74 Å². The average Bonchev–Trinajstić information content (AvgIpc) is 2.38. The highest BCUT2D eigenvalue weighted by molar-refractivity contribution is 9.10. The summed E-state index contributed by atoms with van der Waals surface area (Å²) in [6, 6.07) is 4.96. The van der Waals surface area contributed by atoms with Gasteiger partial charge in [-0.15, -0.1) is 0 Å². The molecule has 2 rings (SSSR count). The van der Waals surface area contributed by atoms with E-state index in [1.807, 2.05) is 18.3 Å². The molecule has 2 atom stereocenters. The molecule has 4 nitrogen and oxygen atoms in total. The number of pyridine rings is 1. The second-order valence-corrected chi connectivity index (χ2v) is 5.67. The van der Waals surface area contributed by atoms with Gasteiger partial charge in [0.25, 0.3) is 0 Å². The minimum atomic E-state index is 0.481. The van der Waals surface area contributed by atoms with Crippen molar-refractivity contribution in [1.82, 2.24) is 9.88 Å². The molecule has 0 aromatic carbocycles. The van der Waals surface area contributed by atoms with Gasteiger partial charge in [0, 0.05) is 35.8 Å². The van der Waals surface area contributed by atoms with Crippen LogP contribution in [0.5, 0.6) is 0 Å². The lowest BCUT2D eigenvalue weighted by Gasteiger charge is -2.37. The zero-order valence-corrected chi connectivity index (χ0v) is 12.5. The lowest BCUT2D eigenvalue weighted by molar-refractivity contribution is -0.0159. The number of hydrogen-bond acceptors (Lipinski definition) is 4. The van der Waals surface area contributed by atoms with Gasteiger partial charge in [-0.3, -0.25) is 4.90 Å². The molecule has 1 aliphatic rings. The number of halogens is 1. The third kappa shape index (κ3) is 3.67. The lowest BCUT2D eigenvalue weighted by Crippen LogP contribution is -2.50. The minimum absolute atomic E-state index is 0.481. The molecular weight excluding hydrogens is 294 g/mol. The molecular formula is C13H20BrN3O. The largest absolute Gasteiger partial charge is 0.379 e. The van der Waals surface area contributed by atoms with Gasteiger partial charge < -0.3 is 10.1 Å². The van der Waals surface area contributed by atoms with Gasteiger partial charge in [0.1, 0.15) is 5.82 Å². The van der Waals surface area contributed by atoms with Crippen LogP contribution in [0.25, 0.3) is 0 Å². The monoisotopic (exact) mass is 313 g/mol. The summed E-state index contributed by atoms with van der Waals surface area (Å²) < 4.78 is 6.46. The number of hydrogen-bond donors (Lipinski definition) is 1. The SMILES string of the molecule is CC(CNc1ccc(Br)cn1)N1CCOCC1C. The Bertz CT molecular complexity index is 371. The van der Waals surface area contributed by atoms with Crippen LogP contribution in [0.1, 0.15) is 13.8 Å². The first kappa shape index (κ1) is 13.8. The van der Waals surface area contributed by atoms with Crippen LogP contribution in [-0.2, 0) is 4.74 Å². The molecule has 100 valence electrons. The maximum absolute atomic E-state index is 5.46. The Morgan fingerprint density at radius 1 is 1.61 bits per heavy atom. The molecule has 0 amide bonds. The molecule has 1 fully saturated rings. The van der Waals surface area contributed by atoms with Gasteiger partial charge in [-0.05, 0) is 41.9 Å². The number of nitrogens with zero attached hydrogens (tertiary/aromatic N) is 2. The number of ether oxygens (including phenoxy) is 1. The summed E-state index contributed by atoms with van der Waals surface area (Å²) in [7, 11) is 0. The molecule has 18 heavy (non-hydrogen) atoms. The summed E-state index contributed by atoms with van der Waals surface area (Å²) >= 11 is 3.38. The van der Waals surface area contributed by atoms with E-state index in [2.05, 4.69) is 45.0 Å². The summed E-state index contributed by atoms with van der Waals surface area (Å²) in [5.41, 5.74) is 0. The van der Waals surface area contributed by atoms with Crippen LogP contribution in [0.3, 0.4) is 0 Å². The third-order valence-corrected chi connectivity index (χ3v) is 3.76. The number of rotatable bonds is 4. The van der Waals surface area contributed by atoms with Gasteiger partial charge in [0.15, 0.2) is 0 Å². The Labute approximate surface area is 117 Å². The molecule has 2 heterocycles. The van der Waals surface area contributed by atoms with Crippen molar-refractivity contribution in [3.05, 3.63) is 22.8 Å². The predicted molar refractivity (Wildman–Crippen MR) is 76.9 cm³/mol. The lowest BCUT2D eigenvalue weighted by atomic mass is 10.2. The third-order valence-electron chi connectivity index (χ3n) is 3.29. The zero-order chi connectivity index (χ0) is 13.0. The highest BCUT2D eigenvalue weighted by Crippen LogP contribution is 2.13. The average molecular weight is 314 g/mol. The van der Waals surface area contributed by atoms with Gasteiger partial charge in [0.2, 0.25) is 0 Å². The molecule has 1 saturated heterocycles.